The van der Waals surface area contributed by atoms with Gasteiger partial charge in [-0.05, 0) is 18.8 Å². The van der Waals surface area contributed by atoms with Crippen LogP contribution in [-0.4, -0.2) is 47.6 Å². The highest BCUT2D eigenvalue weighted by atomic mass is 16.3. The van der Waals surface area contributed by atoms with E-state index < -0.39 is 0 Å². The molecule has 18 heavy (non-hydrogen) atoms. The normalized spacial score (nSPS) is 21.2. The lowest BCUT2D eigenvalue weighted by atomic mass is 10.0. The zero-order chi connectivity index (χ0) is 13.7. The third kappa shape index (κ3) is 4.29. The molecule has 104 valence electrons. The van der Waals surface area contributed by atoms with E-state index in [4.69, 9.17) is 0 Å². The van der Waals surface area contributed by atoms with E-state index in [1.54, 1.807) is 4.90 Å². The van der Waals surface area contributed by atoms with Gasteiger partial charge in [-0.3, -0.25) is 9.59 Å². The van der Waals surface area contributed by atoms with Crippen molar-refractivity contribution in [2.75, 3.05) is 19.6 Å². The van der Waals surface area contributed by atoms with Crippen molar-refractivity contribution in [3.8, 4) is 0 Å². The predicted octanol–water partition coefficient (Wildman–Crippen LogP) is 0.378. The molecule has 0 spiro atoms. The lowest BCUT2D eigenvalue weighted by molar-refractivity contribution is -0.128. The number of carbonyl (C=O) groups excluding carboxylic acids is 2. The molecule has 0 aromatic carbocycles. The Bertz CT molecular complexity index is 305. The van der Waals surface area contributed by atoms with Crippen LogP contribution in [0.1, 0.15) is 33.6 Å². The van der Waals surface area contributed by atoms with Crippen LogP contribution in [-0.2, 0) is 9.59 Å². The van der Waals surface area contributed by atoms with E-state index in [9.17, 15) is 14.7 Å². The van der Waals surface area contributed by atoms with Crippen LogP contribution < -0.4 is 5.32 Å². The minimum atomic E-state index is -0.373. The fourth-order valence-corrected chi connectivity index (χ4v) is 2.08. The maximum absolute atomic E-state index is 11.8. The summed E-state index contributed by atoms with van der Waals surface area (Å²) >= 11 is 0. The van der Waals surface area contributed by atoms with Crippen LogP contribution in [0.4, 0.5) is 0 Å². The van der Waals surface area contributed by atoms with Crippen LogP contribution in [0.25, 0.3) is 0 Å². The Kier molecular flexibility index (Phi) is 5.59. The Morgan fingerprint density at radius 3 is 2.61 bits per heavy atom. The van der Waals surface area contributed by atoms with Gasteiger partial charge < -0.3 is 15.3 Å². The molecule has 1 rings (SSSR count). The molecule has 1 aliphatic heterocycles. The molecule has 0 aromatic heterocycles. The quantitative estimate of drug-likeness (QED) is 0.747. The molecule has 0 aliphatic carbocycles. The number of likely N-dealkylation sites (tertiary alicyclic amines) is 1. The molecule has 1 aliphatic rings. The van der Waals surface area contributed by atoms with Crippen LogP contribution in [0.15, 0.2) is 0 Å². The van der Waals surface area contributed by atoms with Gasteiger partial charge in [-0.15, -0.1) is 0 Å². The number of amides is 2. The summed E-state index contributed by atoms with van der Waals surface area (Å²) in [6.07, 6.45) is 0.938. The summed E-state index contributed by atoms with van der Waals surface area (Å²) in [4.78, 5) is 24.7. The molecule has 5 heteroatoms. The van der Waals surface area contributed by atoms with Crippen molar-refractivity contribution < 1.29 is 14.7 Å². The second-order valence-electron chi connectivity index (χ2n) is 5.34. The highest BCUT2D eigenvalue weighted by molar-refractivity contribution is 5.81. The van der Waals surface area contributed by atoms with Crippen LogP contribution in [0.2, 0.25) is 0 Å². The summed E-state index contributed by atoms with van der Waals surface area (Å²) in [5, 5.41) is 12.4. The molecule has 2 amide bonds. The van der Waals surface area contributed by atoms with Crippen molar-refractivity contribution in [1.82, 2.24) is 10.2 Å². The number of hydrogen-bond acceptors (Lipinski definition) is 3. The lowest BCUT2D eigenvalue weighted by Gasteiger charge is -2.16. The highest BCUT2D eigenvalue weighted by Gasteiger charge is 2.29. The first-order valence-electron chi connectivity index (χ1n) is 6.63. The molecule has 2 unspecified atom stereocenters. The van der Waals surface area contributed by atoms with Crippen molar-refractivity contribution >= 4 is 11.8 Å². The Labute approximate surface area is 109 Å². The average molecular weight is 256 g/mol. The molecule has 1 saturated heterocycles. The van der Waals surface area contributed by atoms with Gasteiger partial charge in [0.1, 0.15) is 0 Å². The molecular formula is C13H24N2O3. The number of aliphatic hydroxyl groups excluding tert-OH is 1. The molecule has 0 bridgehead atoms. The summed E-state index contributed by atoms with van der Waals surface area (Å²) in [7, 11) is 0. The van der Waals surface area contributed by atoms with Gasteiger partial charge >= 0.3 is 0 Å². The second-order valence-corrected chi connectivity index (χ2v) is 5.34. The van der Waals surface area contributed by atoms with Gasteiger partial charge in [0.25, 0.3) is 0 Å². The molecule has 2 atom stereocenters. The van der Waals surface area contributed by atoms with Gasteiger partial charge in [0.05, 0.1) is 12.0 Å². The average Bonchev–Trinajstić information content (AvgIpc) is 2.77. The topological polar surface area (TPSA) is 69.6 Å². The number of hydrogen-bond donors (Lipinski definition) is 2. The Morgan fingerprint density at radius 2 is 2.11 bits per heavy atom. The third-order valence-corrected chi connectivity index (χ3v) is 3.51. The number of rotatable bonds is 5. The smallest absolute Gasteiger partial charge is 0.224 e. The maximum Gasteiger partial charge on any atom is 0.224 e. The molecular weight excluding hydrogens is 232 g/mol. The van der Waals surface area contributed by atoms with Gasteiger partial charge in [-0.2, -0.15) is 0 Å². The summed E-state index contributed by atoms with van der Waals surface area (Å²) in [5.74, 6) is 0.141. The van der Waals surface area contributed by atoms with E-state index >= 15 is 0 Å². The van der Waals surface area contributed by atoms with E-state index in [0.717, 1.165) is 6.42 Å². The van der Waals surface area contributed by atoms with Gasteiger partial charge in [0.2, 0.25) is 11.8 Å². The monoisotopic (exact) mass is 256 g/mol. The molecule has 2 N–H and O–H groups in total. The maximum atomic E-state index is 11.8. The van der Waals surface area contributed by atoms with E-state index in [1.165, 1.54) is 6.92 Å². The predicted molar refractivity (Wildman–Crippen MR) is 68.8 cm³/mol. The van der Waals surface area contributed by atoms with E-state index in [1.807, 2.05) is 13.8 Å². The summed E-state index contributed by atoms with van der Waals surface area (Å²) in [6, 6.07) is 0. The standard InChI is InChI=1S/C13H24N2O3/c1-9(2)12(17)4-6-14-13(18)11-5-7-15(8-11)10(3)16/h9,11-12,17H,4-8H2,1-3H3,(H,14,18). The lowest BCUT2D eigenvalue weighted by Crippen LogP contribution is -2.35. The number of carbonyl (C=O) groups is 2. The molecule has 0 aromatic rings. The molecule has 1 fully saturated rings. The zero-order valence-electron chi connectivity index (χ0n) is 11.5. The number of nitrogens with one attached hydrogen (secondary N) is 1. The van der Waals surface area contributed by atoms with Crippen molar-refractivity contribution in [3.63, 3.8) is 0 Å². The Hall–Kier alpha value is -1.10. The van der Waals surface area contributed by atoms with Crippen molar-refractivity contribution in [2.45, 2.75) is 39.7 Å². The summed E-state index contributed by atoms with van der Waals surface area (Å²) in [5.41, 5.74) is 0. The second kappa shape index (κ2) is 6.73. The summed E-state index contributed by atoms with van der Waals surface area (Å²) in [6.45, 7) is 7.12. The van der Waals surface area contributed by atoms with E-state index in [0.29, 0.717) is 26.1 Å². The van der Waals surface area contributed by atoms with Gasteiger partial charge in [-0.1, -0.05) is 13.8 Å². The molecule has 0 radical (unpaired) electrons. The van der Waals surface area contributed by atoms with Crippen molar-refractivity contribution in [1.29, 1.82) is 0 Å². The molecule has 1 heterocycles. The van der Waals surface area contributed by atoms with Crippen molar-refractivity contribution in [3.05, 3.63) is 0 Å². The number of nitrogens with zero attached hydrogens (tertiary/aromatic N) is 1. The highest BCUT2D eigenvalue weighted by Crippen LogP contribution is 2.16. The van der Waals surface area contributed by atoms with Gasteiger partial charge in [-0.25, -0.2) is 0 Å². The SMILES string of the molecule is CC(=O)N1CCC(C(=O)NCCC(O)C(C)C)C1. The van der Waals surface area contributed by atoms with Crippen molar-refractivity contribution in [2.24, 2.45) is 11.8 Å². The fourth-order valence-electron chi connectivity index (χ4n) is 2.08. The fraction of sp³-hybridized carbons (Fsp3) is 0.846. The summed E-state index contributed by atoms with van der Waals surface area (Å²) < 4.78 is 0. The third-order valence-electron chi connectivity index (χ3n) is 3.51. The van der Waals surface area contributed by atoms with Gasteiger partial charge in [0, 0.05) is 26.6 Å². The molecule has 5 nitrogen and oxygen atoms in total. The van der Waals surface area contributed by atoms with E-state index in [2.05, 4.69) is 5.32 Å². The van der Waals surface area contributed by atoms with Gasteiger partial charge in [0.15, 0.2) is 0 Å². The minimum Gasteiger partial charge on any atom is -0.393 e. The van der Waals surface area contributed by atoms with Crippen LogP contribution in [0, 0.1) is 11.8 Å². The zero-order valence-corrected chi connectivity index (χ0v) is 11.5. The van der Waals surface area contributed by atoms with Crippen LogP contribution in [0.3, 0.4) is 0 Å². The van der Waals surface area contributed by atoms with E-state index in [-0.39, 0.29) is 29.8 Å². The Balaban J connectivity index is 2.24. The molecule has 0 saturated carbocycles. The largest absolute Gasteiger partial charge is 0.393 e. The first-order valence-corrected chi connectivity index (χ1v) is 6.63. The van der Waals surface area contributed by atoms with Crippen LogP contribution in [0.5, 0.6) is 0 Å². The Morgan fingerprint density at radius 1 is 1.44 bits per heavy atom. The number of aliphatic hydroxyl groups is 1. The first kappa shape index (κ1) is 15.0. The van der Waals surface area contributed by atoms with Crippen LogP contribution >= 0.6 is 0 Å². The minimum absolute atomic E-state index is 0.00490. The first-order chi connectivity index (χ1) is 8.41.